The molecule has 0 aromatic carbocycles. The molecule has 1 fully saturated rings. The second-order valence-corrected chi connectivity index (χ2v) is 5.07. The van der Waals surface area contributed by atoms with Gasteiger partial charge in [-0.05, 0) is 19.9 Å². The third kappa shape index (κ3) is 2.61. The van der Waals surface area contributed by atoms with Gasteiger partial charge < -0.3 is 14.7 Å². The maximum atomic E-state index is 9.28. The minimum atomic E-state index is -0.353. The summed E-state index contributed by atoms with van der Waals surface area (Å²) >= 11 is 0. The Bertz CT molecular complexity index is 468. The van der Waals surface area contributed by atoms with Crippen LogP contribution in [0.2, 0.25) is 0 Å². The van der Waals surface area contributed by atoms with Crippen LogP contribution in [0.25, 0.3) is 0 Å². The lowest BCUT2D eigenvalue weighted by molar-refractivity contribution is -0.101. The predicted molar refractivity (Wildman–Crippen MR) is 67.2 cm³/mol. The van der Waals surface area contributed by atoms with Gasteiger partial charge in [-0.1, -0.05) is 0 Å². The molecule has 18 heavy (non-hydrogen) atoms. The first-order valence-electron chi connectivity index (χ1n) is 5.93. The van der Waals surface area contributed by atoms with Crippen molar-refractivity contribution in [3.05, 3.63) is 24.0 Å². The molecule has 1 aromatic rings. The Hall–Kier alpha value is -1.64. The number of hydrogen-bond acceptors (Lipinski definition) is 5. The van der Waals surface area contributed by atoms with Gasteiger partial charge >= 0.3 is 0 Å². The van der Waals surface area contributed by atoms with E-state index in [1.54, 1.807) is 18.5 Å². The molecule has 0 radical (unpaired) electrons. The quantitative estimate of drug-likeness (QED) is 0.842. The lowest BCUT2D eigenvalue weighted by atomic mass is 10.0. The van der Waals surface area contributed by atoms with E-state index in [2.05, 4.69) is 16.0 Å². The average Bonchev–Trinajstić information content (AvgIpc) is 2.36. The Morgan fingerprint density at radius 2 is 2.44 bits per heavy atom. The number of ether oxygens (including phenoxy) is 1. The molecule has 1 aromatic heterocycles. The zero-order chi connectivity index (χ0) is 13.2. The van der Waals surface area contributed by atoms with E-state index in [1.807, 2.05) is 13.8 Å². The fourth-order valence-electron chi connectivity index (χ4n) is 2.31. The smallest absolute Gasteiger partial charge is 0.101 e. The maximum Gasteiger partial charge on any atom is 0.101 e. The molecule has 2 rings (SSSR count). The van der Waals surface area contributed by atoms with Crippen molar-refractivity contribution in [2.75, 3.05) is 24.6 Å². The van der Waals surface area contributed by atoms with Crippen LogP contribution in [0.3, 0.4) is 0 Å². The summed E-state index contributed by atoms with van der Waals surface area (Å²) in [5, 5.41) is 18.4. The van der Waals surface area contributed by atoms with Crippen LogP contribution in [0.5, 0.6) is 0 Å². The van der Waals surface area contributed by atoms with Crippen molar-refractivity contribution < 1.29 is 9.84 Å². The van der Waals surface area contributed by atoms with Gasteiger partial charge in [-0.15, -0.1) is 0 Å². The molecule has 2 heterocycles. The van der Waals surface area contributed by atoms with Crippen LogP contribution in [0.4, 0.5) is 5.69 Å². The Morgan fingerprint density at radius 3 is 3.11 bits per heavy atom. The molecule has 1 aliphatic heterocycles. The van der Waals surface area contributed by atoms with Crippen LogP contribution in [0.1, 0.15) is 19.4 Å². The molecule has 0 saturated carbocycles. The second kappa shape index (κ2) is 4.92. The van der Waals surface area contributed by atoms with E-state index in [-0.39, 0.29) is 18.3 Å². The monoisotopic (exact) mass is 247 g/mol. The largest absolute Gasteiger partial charge is 0.394 e. The summed E-state index contributed by atoms with van der Waals surface area (Å²) in [5.41, 5.74) is 1.04. The summed E-state index contributed by atoms with van der Waals surface area (Å²) in [5.74, 6) is 0. The SMILES string of the molecule is CC1(C)CN(c2cnccc2C#N)CC(CO)O1. The molecule has 5 heteroatoms. The Labute approximate surface area is 107 Å². The van der Waals surface area contributed by atoms with Gasteiger partial charge in [0, 0.05) is 19.3 Å². The predicted octanol–water partition coefficient (Wildman–Crippen LogP) is 0.929. The average molecular weight is 247 g/mol. The first kappa shape index (κ1) is 12.8. The topological polar surface area (TPSA) is 69.4 Å². The summed E-state index contributed by atoms with van der Waals surface area (Å²) in [6.45, 7) is 5.17. The number of aliphatic hydroxyl groups excluding tert-OH is 1. The van der Waals surface area contributed by atoms with E-state index < -0.39 is 0 Å². The number of pyridine rings is 1. The minimum absolute atomic E-state index is 0.0257. The maximum absolute atomic E-state index is 9.28. The third-order valence-electron chi connectivity index (χ3n) is 2.95. The van der Waals surface area contributed by atoms with Gasteiger partial charge in [0.15, 0.2) is 0 Å². The van der Waals surface area contributed by atoms with E-state index in [4.69, 9.17) is 10.00 Å². The molecule has 1 aliphatic rings. The fourth-order valence-corrected chi connectivity index (χ4v) is 2.31. The second-order valence-electron chi connectivity index (χ2n) is 5.07. The lowest BCUT2D eigenvalue weighted by Gasteiger charge is -2.43. The minimum Gasteiger partial charge on any atom is -0.394 e. The zero-order valence-corrected chi connectivity index (χ0v) is 10.6. The first-order chi connectivity index (χ1) is 8.55. The van der Waals surface area contributed by atoms with Crippen molar-refractivity contribution in [2.45, 2.75) is 25.6 Å². The summed E-state index contributed by atoms with van der Waals surface area (Å²) in [7, 11) is 0. The number of aromatic nitrogens is 1. The molecule has 0 aliphatic carbocycles. The Kier molecular flexibility index (Phi) is 3.50. The van der Waals surface area contributed by atoms with Crippen molar-refractivity contribution in [1.82, 2.24) is 4.98 Å². The molecule has 0 spiro atoms. The van der Waals surface area contributed by atoms with E-state index in [0.717, 1.165) is 5.69 Å². The van der Waals surface area contributed by atoms with Crippen molar-refractivity contribution in [1.29, 1.82) is 5.26 Å². The van der Waals surface area contributed by atoms with Crippen molar-refractivity contribution in [3.8, 4) is 6.07 Å². The van der Waals surface area contributed by atoms with Crippen LogP contribution < -0.4 is 4.90 Å². The van der Waals surface area contributed by atoms with E-state index >= 15 is 0 Å². The Morgan fingerprint density at radius 1 is 1.67 bits per heavy atom. The molecule has 5 nitrogen and oxygen atoms in total. The molecule has 1 N–H and O–H groups in total. The summed E-state index contributed by atoms with van der Waals surface area (Å²) in [6, 6.07) is 3.87. The van der Waals surface area contributed by atoms with E-state index in [9.17, 15) is 5.11 Å². The van der Waals surface area contributed by atoms with Gasteiger partial charge in [0.2, 0.25) is 0 Å². The number of rotatable bonds is 2. The van der Waals surface area contributed by atoms with Crippen LogP contribution in [0.15, 0.2) is 18.5 Å². The summed E-state index contributed by atoms with van der Waals surface area (Å²) in [6.07, 6.45) is 3.06. The molecule has 1 saturated heterocycles. The van der Waals surface area contributed by atoms with Gasteiger partial charge in [-0.25, -0.2) is 0 Å². The van der Waals surface area contributed by atoms with Gasteiger partial charge in [0.1, 0.15) is 6.07 Å². The van der Waals surface area contributed by atoms with Crippen molar-refractivity contribution >= 4 is 5.69 Å². The normalized spacial score (nSPS) is 22.6. The van der Waals surface area contributed by atoms with Crippen molar-refractivity contribution in [3.63, 3.8) is 0 Å². The number of anilines is 1. The number of aliphatic hydroxyl groups is 1. The first-order valence-corrected chi connectivity index (χ1v) is 5.93. The van der Waals surface area contributed by atoms with Gasteiger partial charge in [0.25, 0.3) is 0 Å². The van der Waals surface area contributed by atoms with Crippen LogP contribution in [0, 0.1) is 11.3 Å². The third-order valence-corrected chi connectivity index (χ3v) is 2.95. The van der Waals surface area contributed by atoms with Gasteiger partial charge in [-0.2, -0.15) is 5.26 Å². The molecule has 96 valence electrons. The number of hydrogen-bond donors (Lipinski definition) is 1. The molecule has 1 atom stereocenters. The Balaban J connectivity index is 2.30. The zero-order valence-electron chi connectivity index (χ0n) is 10.6. The van der Waals surface area contributed by atoms with Gasteiger partial charge in [-0.3, -0.25) is 4.98 Å². The molecule has 0 amide bonds. The highest BCUT2D eigenvalue weighted by Crippen LogP contribution is 2.27. The highest BCUT2D eigenvalue weighted by Gasteiger charge is 2.33. The van der Waals surface area contributed by atoms with Crippen molar-refractivity contribution in [2.24, 2.45) is 0 Å². The molecule has 1 unspecified atom stereocenters. The highest BCUT2D eigenvalue weighted by molar-refractivity contribution is 5.58. The number of nitriles is 1. The van der Waals surface area contributed by atoms with Crippen LogP contribution in [-0.4, -0.2) is 41.5 Å². The number of morpholine rings is 1. The van der Waals surface area contributed by atoms with Gasteiger partial charge in [0.05, 0.1) is 35.8 Å². The fraction of sp³-hybridized carbons (Fsp3) is 0.538. The van der Waals surface area contributed by atoms with E-state index in [1.165, 1.54) is 0 Å². The molecule has 0 bridgehead atoms. The summed E-state index contributed by atoms with van der Waals surface area (Å²) in [4.78, 5) is 6.12. The molecular formula is C13H17N3O2. The lowest BCUT2D eigenvalue weighted by Crippen LogP contribution is -2.54. The highest BCUT2D eigenvalue weighted by atomic mass is 16.5. The standard InChI is InChI=1S/C13H17N3O2/c1-13(2)9-16(7-11(8-17)18-13)12-6-15-4-3-10(12)5-14/h3-4,6,11,17H,7-9H2,1-2H3. The van der Waals surface area contributed by atoms with Crippen LogP contribution >= 0.6 is 0 Å². The number of nitrogens with zero attached hydrogens (tertiary/aromatic N) is 3. The van der Waals surface area contributed by atoms with Crippen LogP contribution in [-0.2, 0) is 4.74 Å². The van der Waals surface area contributed by atoms with E-state index in [0.29, 0.717) is 18.7 Å². The summed E-state index contributed by atoms with van der Waals surface area (Å²) < 4.78 is 5.75. The molecular weight excluding hydrogens is 230 g/mol.